The highest BCUT2D eigenvalue weighted by atomic mass is 15.2. The lowest BCUT2D eigenvalue weighted by Gasteiger charge is -2.16. The average Bonchev–Trinajstić information content (AvgIpc) is 3.13. The molecule has 0 aliphatic carbocycles. The normalized spacial score (nSPS) is 16.8. The van der Waals surface area contributed by atoms with Gasteiger partial charge in [-0.25, -0.2) is 19.9 Å². The summed E-state index contributed by atoms with van der Waals surface area (Å²) < 4.78 is 0. The van der Waals surface area contributed by atoms with E-state index in [-0.39, 0.29) is 5.92 Å². The molecule has 1 unspecified atom stereocenters. The van der Waals surface area contributed by atoms with Crippen molar-refractivity contribution in [3.05, 3.63) is 60.6 Å². The van der Waals surface area contributed by atoms with E-state index in [4.69, 9.17) is 4.98 Å². The van der Waals surface area contributed by atoms with Gasteiger partial charge in [0.05, 0.1) is 6.20 Å². The lowest BCUT2D eigenvalue weighted by Crippen LogP contribution is -2.21. The van der Waals surface area contributed by atoms with Crippen LogP contribution in [0.1, 0.15) is 23.9 Å². The number of aromatic nitrogens is 5. The summed E-state index contributed by atoms with van der Waals surface area (Å²) in [4.78, 5) is 24.4. The predicted octanol–water partition coefficient (Wildman–Crippen LogP) is 2.71. The molecular weight excluding hydrogens is 314 g/mol. The van der Waals surface area contributed by atoms with E-state index in [2.05, 4.69) is 30.2 Å². The van der Waals surface area contributed by atoms with Crippen molar-refractivity contribution in [1.82, 2.24) is 24.9 Å². The van der Waals surface area contributed by atoms with Crippen LogP contribution in [0.25, 0.3) is 0 Å². The van der Waals surface area contributed by atoms with E-state index in [9.17, 15) is 0 Å². The van der Waals surface area contributed by atoms with E-state index >= 15 is 0 Å². The summed E-state index contributed by atoms with van der Waals surface area (Å²) in [7, 11) is 0. The quantitative estimate of drug-likeness (QED) is 0.786. The molecular formula is C18H19N7. The topological polar surface area (TPSA) is 79.7 Å². The molecule has 0 aromatic carbocycles. The molecule has 0 radical (unpaired) electrons. The van der Waals surface area contributed by atoms with Crippen molar-refractivity contribution in [2.45, 2.75) is 19.3 Å². The van der Waals surface area contributed by atoms with Crippen molar-refractivity contribution in [3.63, 3.8) is 0 Å². The SMILES string of the molecule is Cc1cc(Nc2ccccn2)nc(C2CCN(c3cnccn3)C2)n1. The summed E-state index contributed by atoms with van der Waals surface area (Å²) in [5, 5.41) is 3.25. The van der Waals surface area contributed by atoms with Crippen LogP contribution in [0.15, 0.2) is 49.1 Å². The Morgan fingerprint density at radius 2 is 2.04 bits per heavy atom. The minimum absolute atomic E-state index is 0.284. The second-order valence-corrected chi connectivity index (χ2v) is 6.09. The predicted molar refractivity (Wildman–Crippen MR) is 95.9 cm³/mol. The van der Waals surface area contributed by atoms with E-state index in [1.165, 1.54) is 0 Å². The Labute approximate surface area is 146 Å². The second kappa shape index (κ2) is 6.80. The molecule has 4 rings (SSSR count). The molecule has 1 aliphatic rings. The van der Waals surface area contributed by atoms with Crippen LogP contribution in [-0.4, -0.2) is 38.0 Å². The molecule has 3 aromatic heterocycles. The molecule has 0 saturated carbocycles. The number of pyridine rings is 1. The van der Waals surface area contributed by atoms with Gasteiger partial charge in [-0.15, -0.1) is 0 Å². The molecule has 1 atom stereocenters. The molecule has 1 fully saturated rings. The van der Waals surface area contributed by atoms with Gasteiger partial charge in [-0.2, -0.15) is 0 Å². The fraction of sp³-hybridized carbons (Fsp3) is 0.278. The Kier molecular flexibility index (Phi) is 4.20. The first-order valence-electron chi connectivity index (χ1n) is 8.32. The fourth-order valence-corrected chi connectivity index (χ4v) is 3.04. The lowest BCUT2D eigenvalue weighted by molar-refractivity contribution is 0.705. The van der Waals surface area contributed by atoms with Crippen LogP contribution in [0.5, 0.6) is 0 Å². The molecule has 0 bridgehead atoms. The Hall–Kier alpha value is -3.09. The highest BCUT2D eigenvalue weighted by molar-refractivity contribution is 5.51. The highest BCUT2D eigenvalue weighted by Crippen LogP contribution is 2.28. The summed E-state index contributed by atoms with van der Waals surface area (Å²) in [5.41, 5.74) is 0.946. The van der Waals surface area contributed by atoms with Crippen molar-refractivity contribution in [2.75, 3.05) is 23.3 Å². The van der Waals surface area contributed by atoms with Crippen LogP contribution < -0.4 is 10.2 Å². The van der Waals surface area contributed by atoms with Gasteiger partial charge in [-0.05, 0) is 25.5 Å². The first-order valence-corrected chi connectivity index (χ1v) is 8.32. The molecule has 0 amide bonds. The summed E-state index contributed by atoms with van der Waals surface area (Å²) in [6.07, 6.45) is 7.97. The summed E-state index contributed by atoms with van der Waals surface area (Å²) in [6.45, 7) is 3.78. The van der Waals surface area contributed by atoms with Crippen LogP contribution in [0.2, 0.25) is 0 Å². The van der Waals surface area contributed by atoms with Gasteiger partial charge >= 0.3 is 0 Å². The minimum Gasteiger partial charge on any atom is -0.355 e. The van der Waals surface area contributed by atoms with E-state index in [0.717, 1.165) is 48.5 Å². The summed E-state index contributed by atoms with van der Waals surface area (Å²) in [6, 6.07) is 7.69. The van der Waals surface area contributed by atoms with Crippen molar-refractivity contribution >= 4 is 17.5 Å². The monoisotopic (exact) mass is 333 g/mol. The van der Waals surface area contributed by atoms with Crippen LogP contribution >= 0.6 is 0 Å². The maximum absolute atomic E-state index is 4.71. The number of nitrogens with one attached hydrogen (secondary N) is 1. The van der Waals surface area contributed by atoms with Crippen molar-refractivity contribution in [3.8, 4) is 0 Å². The van der Waals surface area contributed by atoms with Crippen molar-refractivity contribution in [1.29, 1.82) is 0 Å². The number of hydrogen-bond donors (Lipinski definition) is 1. The third-order valence-electron chi connectivity index (χ3n) is 4.22. The number of rotatable bonds is 4. The van der Waals surface area contributed by atoms with Gasteiger partial charge in [-0.1, -0.05) is 6.07 Å². The molecule has 126 valence electrons. The maximum Gasteiger partial charge on any atom is 0.147 e. The smallest absolute Gasteiger partial charge is 0.147 e. The van der Waals surface area contributed by atoms with E-state index in [1.54, 1.807) is 24.8 Å². The van der Waals surface area contributed by atoms with E-state index < -0.39 is 0 Å². The molecule has 1 saturated heterocycles. The van der Waals surface area contributed by atoms with Crippen molar-refractivity contribution < 1.29 is 0 Å². The molecule has 1 N–H and O–H groups in total. The van der Waals surface area contributed by atoms with Gasteiger partial charge in [0, 0.05) is 49.4 Å². The minimum atomic E-state index is 0.284. The van der Waals surface area contributed by atoms with Gasteiger partial charge in [0.15, 0.2) is 0 Å². The molecule has 1 aliphatic heterocycles. The Bertz CT molecular complexity index is 839. The molecule has 7 heteroatoms. The Morgan fingerprint density at radius 1 is 1.08 bits per heavy atom. The molecule has 25 heavy (non-hydrogen) atoms. The van der Waals surface area contributed by atoms with E-state index in [1.807, 2.05) is 31.2 Å². The maximum atomic E-state index is 4.71. The summed E-state index contributed by atoms with van der Waals surface area (Å²) in [5.74, 6) is 3.61. The molecule has 4 heterocycles. The third-order valence-corrected chi connectivity index (χ3v) is 4.22. The van der Waals surface area contributed by atoms with Gasteiger partial charge in [0.2, 0.25) is 0 Å². The Balaban J connectivity index is 1.53. The summed E-state index contributed by atoms with van der Waals surface area (Å²) >= 11 is 0. The number of aryl methyl sites for hydroxylation is 1. The van der Waals surface area contributed by atoms with Gasteiger partial charge in [0.25, 0.3) is 0 Å². The Morgan fingerprint density at radius 3 is 2.84 bits per heavy atom. The molecule has 7 nitrogen and oxygen atoms in total. The zero-order valence-electron chi connectivity index (χ0n) is 14.0. The van der Waals surface area contributed by atoms with E-state index in [0.29, 0.717) is 0 Å². The lowest BCUT2D eigenvalue weighted by atomic mass is 10.1. The fourth-order valence-electron chi connectivity index (χ4n) is 3.04. The first kappa shape index (κ1) is 15.4. The van der Waals surface area contributed by atoms with Gasteiger partial charge < -0.3 is 10.2 Å². The zero-order chi connectivity index (χ0) is 17.1. The first-order chi connectivity index (χ1) is 12.3. The van der Waals surface area contributed by atoms with Gasteiger partial charge in [0.1, 0.15) is 23.3 Å². The zero-order valence-corrected chi connectivity index (χ0v) is 14.0. The second-order valence-electron chi connectivity index (χ2n) is 6.09. The third kappa shape index (κ3) is 3.55. The van der Waals surface area contributed by atoms with Crippen LogP contribution in [0, 0.1) is 6.92 Å². The van der Waals surface area contributed by atoms with Gasteiger partial charge in [-0.3, -0.25) is 4.98 Å². The number of anilines is 3. The average molecular weight is 333 g/mol. The van der Waals surface area contributed by atoms with Crippen LogP contribution in [0.3, 0.4) is 0 Å². The van der Waals surface area contributed by atoms with Crippen LogP contribution in [0.4, 0.5) is 17.5 Å². The standard InChI is InChI=1S/C18H19N7/c1-13-10-16(23-15-4-2-3-6-20-15)24-18(22-13)14-5-9-25(12-14)17-11-19-7-8-21-17/h2-4,6-8,10-11,14H,5,9,12H2,1H3,(H,20,22,23,24). The largest absolute Gasteiger partial charge is 0.355 e. The van der Waals surface area contributed by atoms with Crippen molar-refractivity contribution in [2.24, 2.45) is 0 Å². The molecule has 3 aromatic rings. The number of hydrogen-bond acceptors (Lipinski definition) is 7. The molecule has 0 spiro atoms. The highest BCUT2D eigenvalue weighted by Gasteiger charge is 2.27. The number of nitrogens with zero attached hydrogens (tertiary/aromatic N) is 6. The van der Waals surface area contributed by atoms with Crippen LogP contribution in [-0.2, 0) is 0 Å².